The SMILES string of the molecule is CCOC(=O)NC(=O)COC(=O)c1cc([N+](=O)[O-])ccc1NCc1ccccc1. The summed E-state index contributed by atoms with van der Waals surface area (Å²) < 4.78 is 9.42. The lowest BCUT2D eigenvalue weighted by atomic mass is 10.1. The van der Waals surface area contributed by atoms with Crippen molar-refractivity contribution < 1.29 is 28.8 Å². The highest BCUT2D eigenvalue weighted by Gasteiger charge is 2.19. The van der Waals surface area contributed by atoms with Crippen LogP contribution in [0.5, 0.6) is 0 Å². The van der Waals surface area contributed by atoms with Gasteiger partial charge in [-0.3, -0.25) is 20.2 Å². The monoisotopic (exact) mass is 401 g/mol. The van der Waals surface area contributed by atoms with Crippen LogP contribution in [0.2, 0.25) is 0 Å². The van der Waals surface area contributed by atoms with Gasteiger partial charge in [0.25, 0.3) is 11.6 Å². The van der Waals surface area contributed by atoms with Crippen molar-refractivity contribution in [1.82, 2.24) is 5.32 Å². The van der Waals surface area contributed by atoms with Crippen molar-refractivity contribution >= 4 is 29.3 Å². The van der Waals surface area contributed by atoms with E-state index in [4.69, 9.17) is 4.74 Å². The molecule has 0 aliphatic rings. The molecule has 29 heavy (non-hydrogen) atoms. The molecule has 0 aliphatic carbocycles. The number of anilines is 1. The number of nitrogens with zero attached hydrogens (tertiary/aromatic N) is 1. The Balaban J connectivity index is 2.09. The van der Waals surface area contributed by atoms with E-state index in [1.807, 2.05) is 35.6 Å². The number of rotatable bonds is 8. The number of nitro benzene ring substituents is 1. The van der Waals surface area contributed by atoms with E-state index >= 15 is 0 Å². The number of carbonyl (C=O) groups excluding carboxylic acids is 3. The number of benzene rings is 2. The van der Waals surface area contributed by atoms with Crippen molar-refractivity contribution in [3.63, 3.8) is 0 Å². The molecule has 2 rings (SSSR count). The van der Waals surface area contributed by atoms with Gasteiger partial charge in [0.15, 0.2) is 6.61 Å². The minimum atomic E-state index is -0.964. The van der Waals surface area contributed by atoms with E-state index in [9.17, 15) is 24.5 Å². The van der Waals surface area contributed by atoms with Crippen molar-refractivity contribution in [1.29, 1.82) is 0 Å². The molecule has 0 unspecified atom stereocenters. The highest BCUT2D eigenvalue weighted by atomic mass is 16.6. The summed E-state index contributed by atoms with van der Waals surface area (Å²) in [4.78, 5) is 45.6. The van der Waals surface area contributed by atoms with Gasteiger partial charge in [0.2, 0.25) is 0 Å². The molecule has 0 fully saturated rings. The molecule has 10 heteroatoms. The predicted octanol–water partition coefficient (Wildman–Crippen LogP) is 2.64. The summed E-state index contributed by atoms with van der Waals surface area (Å²) in [5.41, 5.74) is 0.812. The van der Waals surface area contributed by atoms with Crippen LogP contribution in [-0.2, 0) is 20.8 Å². The third-order valence-electron chi connectivity index (χ3n) is 3.61. The third-order valence-corrected chi connectivity index (χ3v) is 3.61. The fourth-order valence-electron chi connectivity index (χ4n) is 2.29. The molecule has 152 valence electrons. The normalized spacial score (nSPS) is 9.97. The average molecular weight is 401 g/mol. The molecule has 2 aromatic carbocycles. The van der Waals surface area contributed by atoms with Gasteiger partial charge >= 0.3 is 12.1 Å². The Kier molecular flexibility index (Phi) is 7.66. The number of alkyl carbamates (subject to hydrolysis) is 1. The molecule has 0 saturated carbocycles. The largest absolute Gasteiger partial charge is 0.452 e. The van der Waals surface area contributed by atoms with Gasteiger partial charge in [0.05, 0.1) is 17.1 Å². The molecule has 0 atom stereocenters. The maximum atomic E-state index is 12.4. The molecule has 0 aliphatic heterocycles. The molecule has 10 nitrogen and oxygen atoms in total. The van der Waals surface area contributed by atoms with Gasteiger partial charge in [-0.1, -0.05) is 30.3 Å². The van der Waals surface area contributed by atoms with Gasteiger partial charge in [0, 0.05) is 24.4 Å². The lowest BCUT2D eigenvalue weighted by Gasteiger charge is -2.12. The highest BCUT2D eigenvalue weighted by molar-refractivity contribution is 5.98. The zero-order chi connectivity index (χ0) is 21.2. The number of nitro groups is 1. The Morgan fingerprint density at radius 2 is 1.79 bits per heavy atom. The molecule has 0 heterocycles. The van der Waals surface area contributed by atoms with Crippen LogP contribution in [0.25, 0.3) is 0 Å². The van der Waals surface area contributed by atoms with E-state index in [1.165, 1.54) is 12.1 Å². The zero-order valence-corrected chi connectivity index (χ0v) is 15.5. The van der Waals surface area contributed by atoms with E-state index in [-0.39, 0.29) is 17.9 Å². The summed E-state index contributed by atoms with van der Waals surface area (Å²) in [6, 6.07) is 13.0. The van der Waals surface area contributed by atoms with E-state index in [1.54, 1.807) is 6.92 Å². The van der Waals surface area contributed by atoms with Crippen molar-refractivity contribution in [3.8, 4) is 0 Å². The standard InChI is InChI=1S/C19H19N3O7/c1-2-28-19(25)21-17(23)12-29-18(24)15-10-14(22(26)27)8-9-16(15)20-11-13-6-4-3-5-7-13/h3-10,20H,2,11-12H2,1H3,(H,21,23,25). The Labute approximate surface area is 166 Å². The summed E-state index contributed by atoms with van der Waals surface area (Å²) in [5.74, 6) is -1.84. The number of esters is 1. The minimum Gasteiger partial charge on any atom is -0.452 e. The predicted molar refractivity (Wildman–Crippen MR) is 102 cm³/mol. The summed E-state index contributed by atoms with van der Waals surface area (Å²) in [6.45, 7) is 1.25. The van der Waals surface area contributed by atoms with Crippen molar-refractivity contribution in [2.45, 2.75) is 13.5 Å². The van der Waals surface area contributed by atoms with Crippen LogP contribution < -0.4 is 10.6 Å². The fraction of sp³-hybridized carbons (Fsp3) is 0.211. The van der Waals surface area contributed by atoms with Crippen LogP contribution >= 0.6 is 0 Å². The molecule has 0 spiro atoms. The maximum absolute atomic E-state index is 12.4. The van der Waals surface area contributed by atoms with E-state index in [0.29, 0.717) is 12.2 Å². The topological polar surface area (TPSA) is 137 Å². The number of hydrogen-bond donors (Lipinski definition) is 2. The summed E-state index contributed by atoms with van der Waals surface area (Å²) >= 11 is 0. The smallest absolute Gasteiger partial charge is 0.413 e. The molecule has 2 aromatic rings. The second-order valence-corrected chi connectivity index (χ2v) is 5.67. The minimum absolute atomic E-state index is 0.0724. The molecule has 0 bridgehead atoms. The van der Waals surface area contributed by atoms with Crippen LogP contribution in [0.1, 0.15) is 22.8 Å². The number of hydrogen-bond acceptors (Lipinski definition) is 8. The quantitative estimate of drug-likeness (QED) is 0.391. The Morgan fingerprint density at radius 3 is 2.45 bits per heavy atom. The van der Waals surface area contributed by atoms with Gasteiger partial charge < -0.3 is 14.8 Å². The maximum Gasteiger partial charge on any atom is 0.413 e. The number of non-ortho nitro benzene ring substituents is 1. The van der Waals surface area contributed by atoms with Crippen molar-refractivity contribution in [2.24, 2.45) is 0 Å². The van der Waals surface area contributed by atoms with Crippen LogP contribution in [0.3, 0.4) is 0 Å². The number of imide groups is 1. The second kappa shape index (κ2) is 10.4. The average Bonchev–Trinajstić information content (AvgIpc) is 2.71. The van der Waals surface area contributed by atoms with Crippen LogP contribution in [0.15, 0.2) is 48.5 Å². The molecule has 2 amide bonds. The first-order valence-electron chi connectivity index (χ1n) is 8.60. The van der Waals surface area contributed by atoms with E-state index < -0.39 is 29.5 Å². The molecule has 2 N–H and O–H groups in total. The number of nitrogens with one attached hydrogen (secondary N) is 2. The zero-order valence-electron chi connectivity index (χ0n) is 15.5. The highest BCUT2D eigenvalue weighted by Crippen LogP contribution is 2.23. The lowest BCUT2D eigenvalue weighted by molar-refractivity contribution is -0.384. The molecular formula is C19H19N3O7. The van der Waals surface area contributed by atoms with Gasteiger partial charge in [-0.25, -0.2) is 9.59 Å². The molecule has 0 saturated heterocycles. The van der Waals surface area contributed by atoms with Crippen LogP contribution in [0.4, 0.5) is 16.2 Å². The number of ether oxygens (including phenoxy) is 2. The van der Waals surface area contributed by atoms with E-state index in [0.717, 1.165) is 11.6 Å². The Hall–Kier alpha value is -3.95. The number of carbonyl (C=O) groups is 3. The molecular weight excluding hydrogens is 382 g/mol. The summed E-state index contributed by atoms with van der Waals surface area (Å²) in [6.07, 6.45) is -0.964. The molecule has 0 radical (unpaired) electrons. The second-order valence-electron chi connectivity index (χ2n) is 5.67. The van der Waals surface area contributed by atoms with E-state index in [2.05, 4.69) is 10.1 Å². The van der Waals surface area contributed by atoms with Gasteiger partial charge in [-0.05, 0) is 18.6 Å². The first-order chi connectivity index (χ1) is 13.9. The third kappa shape index (κ3) is 6.61. The van der Waals surface area contributed by atoms with Gasteiger partial charge in [-0.15, -0.1) is 0 Å². The van der Waals surface area contributed by atoms with Crippen LogP contribution in [0, 0.1) is 10.1 Å². The Bertz CT molecular complexity index is 900. The first kappa shape index (κ1) is 21.4. The lowest BCUT2D eigenvalue weighted by Crippen LogP contribution is -2.34. The summed E-state index contributed by atoms with van der Waals surface area (Å²) in [7, 11) is 0. The Morgan fingerprint density at radius 1 is 1.07 bits per heavy atom. The molecule has 0 aromatic heterocycles. The van der Waals surface area contributed by atoms with Gasteiger partial charge in [0.1, 0.15) is 0 Å². The van der Waals surface area contributed by atoms with Crippen LogP contribution in [-0.4, -0.2) is 36.1 Å². The van der Waals surface area contributed by atoms with Gasteiger partial charge in [-0.2, -0.15) is 0 Å². The van der Waals surface area contributed by atoms with Crippen molar-refractivity contribution in [2.75, 3.05) is 18.5 Å². The number of amides is 2. The summed E-state index contributed by atoms with van der Waals surface area (Å²) in [5, 5.41) is 15.9. The fourth-order valence-corrected chi connectivity index (χ4v) is 2.29. The first-order valence-corrected chi connectivity index (χ1v) is 8.60. The van der Waals surface area contributed by atoms with Crippen molar-refractivity contribution in [3.05, 3.63) is 69.8 Å².